The maximum absolute atomic E-state index is 6.37. The lowest BCUT2D eigenvalue weighted by molar-refractivity contribution is 0.0467. The maximum Gasteiger partial charge on any atom is 0.0850 e. The molecule has 1 saturated heterocycles. The highest BCUT2D eigenvalue weighted by molar-refractivity contribution is 7.99. The summed E-state index contributed by atoms with van der Waals surface area (Å²) in [6.07, 6.45) is 1.69. The van der Waals surface area contributed by atoms with E-state index in [0.717, 1.165) is 47.4 Å². The van der Waals surface area contributed by atoms with Gasteiger partial charge in [-0.15, -0.1) is 0 Å². The average molecular weight is 305 g/mol. The van der Waals surface area contributed by atoms with Crippen molar-refractivity contribution in [2.24, 2.45) is 12.9 Å². The summed E-state index contributed by atoms with van der Waals surface area (Å²) in [4.78, 5) is 0. The lowest BCUT2D eigenvalue weighted by Gasteiger charge is -2.29. The van der Waals surface area contributed by atoms with Gasteiger partial charge in [0.2, 0.25) is 0 Å². The number of nitrogens with one attached hydrogen (secondary N) is 1. The second kappa shape index (κ2) is 6.95. The van der Waals surface area contributed by atoms with Crippen LogP contribution in [0.1, 0.15) is 18.3 Å². The Labute approximate surface area is 123 Å². The van der Waals surface area contributed by atoms with E-state index >= 15 is 0 Å². The molecule has 5 nitrogen and oxygen atoms in total. The summed E-state index contributed by atoms with van der Waals surface area (Å²) in [7, 11) is 1.92. The van der Waals surface area contributed by atoms with E-state index in [1.165, 1.54) is 0 Å². The zero-order valence-electron chi connectivity index (χ0n) is 11.4. The minimum absolute atomic E-state index is 0.0606. The fourth-order valence-corrected chi connectivity index (χ4v) is 3.60. The van der Waals surface area contributed by atoms with E-state index in [1.807, 2.05) is 23.5 Å². The van der Waals surface area contributed by atoms with Crippen LogP contribution < -0.4 is 11.3 Å². The topological polar surface area (TPSA) is 65.1 Å². The van der Waals surface area contributed by atoms with Gasteiger partial charge in [0.25, 0.3) is 0 Å². The molecule has 2 atom stereocenters. The molecule has 0 bridgehead atoms. The van der Waals surface area contributed by atoms with Crippen LogP contribution in [0.5, 0.6) is 0 Å². The number of nitrogens with zero attached hydrogens (tertiary/aromatic N) is 2. The van der Waals surface area contributed by atoms with Crippen molar-refractivity contribution in [2.45, 2.75) is 31.9 Å². The van der Waals surface area contributed by atoms with E-state index in [9.17, 15) is 0 Å². The molecule has 0 saturated carbocycles. The van der Waals surface area contributed by atoms with Crippen LogP contribution in [-0.4, -0.2) is 40.0 Å². The number of nitrogens with two attached hydrogens (primary N) is 1. The first-order valence-corrected chi connectivity index (χ1v) is 8.06. The van der Waals surface area contributed by atoms with Gasteiger partial charge in [0.1, 0.15) is 0 Å². The number of hydrazine groups is 1. The standard InChI is InChI=1S/C12H21ClN4OS/c1-3-8-12(13)10(17(2)16-8)6-9(15-14)11-7-19-5-4-18-11/h9,11,15H,3-7,14H2,1-2H3. The second-order valence-corrected chi connectivity index (χ2v) is 6.17. The summed E-state index contributed by atoms with van der Waals surface area (Å²) < 4.78 is 7.63. The van der Waals surface area contributed by atoms with Crippen LogP contribution in [0.15, 0.2) is 0 Å². The molecule has 0 amide bonds. The molecule has 2 rings (SSSR count). The number of ether oxygens (including phenoxy) is 1. The van der Waals surface area contributed by atoms with Crippen LogP contribution in [0, 0.1) is 0 Å². The summed E-state index contributed by atoms with van der Waals surface area (Å²) in [5.41, 5.74) is 4.82. The summed E-state index contributed by atoms with van der Waals surface area (Å²) in [5.74, 6) is 7.70. The first kappa shape index (κ1) is 15.1. The lowest BCUT2D eigenvalue weighted by Crippen LogP contribution is -2.49. The van der Waals surface area contributed by atoms with Crippen molar-refractivity contribution >= 4 is 23.4 Å². The van der Waals surface area contributed by atoms with E-state index in [4.69, 9.17) is 22.2 Å². The fraction of sp³-hybridized carbons (Fsp3) is 0.750. The molecule has 2 unspecified atom stereocenters. The minimum atomic E-state index is 0.0606. The molecule has 1 aliphatic heterocycles. The Hall–Kier alpha value is -0.270. The van der Waals surface area contributed by atoms with Gasteiger partial charge in [-0.2, -0.15) is 16.9 Å². The van der Waals surface area contributed by atoms with Gasteiger partial charge in [0.15, 0.2) is 0 Å². The van der Waals surface area contributed by atoms with E-state index in [-0.39, 0.29) is 12.1 Å². The monoisotopic (exact) mass is 304 g/mol. The Kier molecular flexibility index (Phi) is 5.53. The summed E-state index contributed by atoms with van der Waals surface area (Å²) >= 11 is 8.27. The molecule has 1 aromatic heterocycles. The fourth-order valence-electron chi connectivity index (χ4n) is 2.29. The van der Waals surface area contributed by atoms with Gasteiger partial charge in [-0.3, -0.25) is 16.0 Å². The van der Waals surface area contributed by atoms with Crippen LogP contribution >= 0.6 is 23.4 Å². The van der Waals surface area contributed by atoms with Crippen LogP contribution in [0.4, 0.5) is 0 Å². The molecule has 3 N–H and O–H groups in total. The molecule has 7 heteroatoms. The van der Waals surface area contributed by atoms with Gasteiger partial charge < -0.3 is 4.74 Å². The van der Waals surface area contributed by atoms with Crippen molar-refractivity contribution in [1.82, 2.24) is 15.2 Å². The molecular formula is C12H21ClN4OS. The van der Waals surface area contributed by atoms with Crippen LogP contribution in [0.3, 0.4) is 0 Å². The predicted octanol–water partition coefficient (Wildman–Crippen LogP) is 1.14. The zero-order valence-corrected chi connectivity index (χ0v) is 12.9. The van der Waals surface area contributed by atoms with Crippen molar-refractivity contribution < 1.29 is 4.74 Å². The number of aromatic nitrogens is 2. The molecule has 0 radical (unpaired) electrons. The first-order chi connectivity index (χ1) is 9.17. The van der Waals surface area contributed by atoms with Gasteiger partial charge in [0.05, 0.1) is 35.2 Å². The number of hydrogen-bond acceptors (Lipinski definition) is 5. The van der Waals surface area contributed by atoms with Crippen LogP contribution in [-0.2, 0) is 24.6 Å². The molecule has 108 valence electrons. The van der Waals surface area contributed by atoms with E-state index in [1.54, 1.807) is 0 Å². The predicted molar refractivity (Wildman–Crippen MR) is 79.5 cm³/mol. The van der Waals surface area contributed by atoms with Crippen LogP contribution in [0.25, 0.3) is 0 Å². The highest BCUT2D eigenvalue weighted by Gasteiger charge is 2.26. The normalized spacial score (nSPS) is 21.6. The average Bonchev–Trinajstić information content (AvgIpc) is 2.72. The number of thioether (sulfide) groups is 1. The van der Waals surface area contributed by atoms with Gasteiger partial charge in [-0.1, -0.05) is 18.5 Å². The number of aryl methyl sites for hydroxylation is 2. The van der Waals surface area contributed by atoms with E-state index in [2.05, 4.69) is 17.4 Å². The van der Waals surface area contributed by atoms with Gasteiger partial charge in [0, 0.05) is 25.0 Å². The smallest absolute Gasteiger partial charge is 0.0850 e. The summed E-state index contributed by atoms with van der Waals surface area (Å²) in [5, 5.41) is 5.19. The summed E-state index contributed by atoms with van der Waals surface area (Å²) in [6, 6.07) is 0.0606. The molecule has 0 aliphatic carbocycles. The Morgan fingerprint density at radius 3 is 3.00 bits per heavy atom. The van der Waals surface area contributed by atoms with Gasteiger partial charge in [-0.25, -0.2) is 0 Å². The van der Waals surface area contributed by atoms with E-state index < -0.39 is 0 Å². The highest BCUT2D eigenvalue weighted by Crippen LogP contribution is 2.24. The zero-order chi connectivity index (χ0) is 13.8. The molecule has 19 heavy (non-hydrogen) atoms. The number of halogens is 1. The van der Waals surface area contributed by atoms with Gasteiger partial charge >= 0.3 is 0 Å². The first-order valence-electron chi connectivity index (χ1n) is 6.53. The molecule has 2 heterocycles. The molecule has 1 fully saturated rings. The molecule has 1 aliphatic rings. The van der Waals surface area contributed by atoms with Crippen molar-refractivity contribution in [3.63, 3.8) is 0 Å². The van der Waals surface area contributed by atoms with Crippen molar-refractivity contribution in [1.29, 1.82) is 0 Å². The van der Waals surface area contributed by atoms with Crippen molar-refractivity contribution in [3.05, 3.63) is 16.4 Å². The lowest BCUT2D eigenvalue weighted by atomic mass is 10.1. The quantitative estimate of drug-likeness (QED) is 0.631. The maximum atomic E-state index is 6.37. The second-order valence-electron chi connectivity index (χ2n) is 4.65. The van der Waals surface area contributed by atoms with Crippen LogP contribution in [0.2, 0.25) is 5.02 Å². The molecule has 1 aromatic rings. The summed E-state index contributed by atoms with van der Waals surface area (Å²) in [6.45, 7) is 2.84. The third-order valence-corrected chi connectivity index (χ3v) is 4.88. The number of hydrogen-bond donors (Lipinski definition) is 2. The number of rotatable bonds is 5. The Morgan fingerprint density at radius 1 is 1.68 bits per heavy atom. The molecular weight excluding hydrogens is 284 g/mol. The van der Waals surface area contributed by atoms with Crippen molar-refractivity contribution in [2.75, 3.05) is 18.1 Å². The Bertz CT molecular complexity index is 420. The SMILES string of the molecule is CCc1nn(C)c(CC(NN)C2CSCCO2)c1Cl. The molecule has 0 spiro atoms. The largest absolute Gasteiger partial charge is 0.375 e. The Balaban J connectivity index is 2.11. The van der Waals surface area contributed by atoms with Crippen molar-refractivity contribution in [3.8, 4) is 0 Å². The third kappa shape index (κ3) is 3.44. The highest BCUT2D eigenvalue weighted by atomic mass is 35.5. The molecule has 0 aromatic carbocycles. The van der Waals surface area contributed by atoms with Gasteiger partial charge in [-0.05, 0) is 6.42 Å². The third-order valence-electron chi connectivity index (χ3n) is 3.42. The minimum Gasteiger partial charge on any atom is -0.375 e. The Morgan fingerprint density at radius 2 is 2.47 bits per heavy atom. The van der Waals surface area contributed by atoms with E-state index in [0.29, 0.717) is 0 Å².